The van der Waals surface area contributed by atoms with Crippen LogP contribution in [0.4, 0.5) is 0 Å². The van der Waals surface area contributed by atoms with Crippen LogP contribution in [-0.2, 0) is 9.53 Å². The summed E-state index contributed by atoms with van der Waals surface area (Å²) >= 11 is 0. The van der Waals surface area contributed by atoms with E-state index in [1.165, 1.54) is 7.11 Å². The Morgan fingerprint density at radius 3 is 2.17 bits per heavy atom. The zero-order valence-corrected chi connectivity index (χ0v) is 8.44. The lowest BCUT2D eigenvalue weighted by molar-refractivity contribution is -0.157. The van der Waals surface area contributed by atoms with E-state index in [1.807, 2.05) is 6.92 Å². The van der Waals surface area contributed by atoms with Crippen molar-refractivity contribution in [3.63, 3.8) is 0 Å². The molecule has 1 atom stereocenters. The second kappa shape index (κ2) is 2.75. The van der Waals surface area contributed by atoms with Gasteiger partial charge in [0.1, 0.15) is 0 Å². The van der Waals surface area contributed by atoms with Crippen LogP contribution in [0.15, 0.2) is 0 Å². The largest absolute Gasteiger partial charge is 0.469 e. The van der Waals surface area contributed by atoms with Gasteiger partial charge in [-0.1, -0.05) is 20.3 Å². The van der Waals surface area contributed by atoms with Crippen molar-refractivity contribution in [2.75, 3.05) is 7.11 Å². The smallest absolute Gasteiger partial charge is 0.312 e. The Hall–Kier alpha value is -0.530. The van der Waals surface area contributed by atoms with Crippen molar-refractivity contribution in [2.45, 2.75) is 40.0 Å². The average molecular weight is 170 g/mol. The maximum Gasteiger partial charge on any atom is 0.312 e. The van der Waals surface area contributed by atoms with Crippen LogP contribution in [0.25, 0.3) is 0 Å². The highest BCUT2D eigenvalue weighted by atomic mass is 16.5. The van der Waals surface area contributed by atoms with Gasteiger partial charge in [-0.05, 0) is 25.2 Å². The van der Waals surface area contributed by atoms with Gasteiger partial charge in [0.25, 0.3) is 0 Å². The molecule has 12 heavy (non-hydrogen) atoms. The molecule has 1 saturated carbocycles. The molecule has 0 saturated heterocycles. The highest BCUT2D eigenvalue weighted by molar-refractivity contribution is 5.77. The summed E-state index contributed by atoms with van der Waals surface area (Å²) in [5.41, 5.74) is -0.165. The van der Waals surface area contributed by atoms with Gasteiger partial charge in [0.15, 0.2) is 0 Å². The summed E-state index contributed by atoms with van der Waals surface area (Å²) in [4.78, 5) is 11.5. The minimum atomic E-state index is -0.262. The number of carbonyl (C=O) groups excluding carboxylic acids is 1. The van der Waals surface area contributed by atoms with Crippen LogP contribution in [-0.4, -0.2) is 13.1 Å². The van der Waals surface area contributed by atoms with Gasteiger partial charge in [-0.2, -0.15) is 0 Å². The van der Waals surface area contributed by atoms with E-state index in [2.05, 4.69) is 13.8 Å². The van der Waals surface area contributed by atoms with Gasteiger partial charge in [-0.25, -0.2) is 0 Å². The normalized spacial score (nSPS) is 33.3. The van der Waals surface area contributed by atoms with Gasteiger partial charge in [0, 0.05) is 0 Å². The van der Waals surface area contributed by atoms with Crippen LogP contribution in [0.1, 0.15) is 40.0 Å². The molecule has 0 aromatic heterocycles. The third-order valence-corrected chi connectivity index (χ3v) is 3.61. The fraction of sp³-hybridized carbons (Fsp3) is 0.900. The van der Waals surface area contributed by atoms with Gasteiger partial charge >= 0.3 is 5.97 Å². The summed E-state index contributed by atoms with van der Waals surface area (Å²) in [6, 6.07) is 0. The van der Waals surface area contributed by atoms with E-state index in [4.69, 9.17) is 4.74 Å². The molecule has 0 amide bonds. The summed E-state index contributed by atoms with van der Waals surface area (Å²) in [6.07, 6.45) is 3.23. The molecule has 0 bridgehead atoms. The van der Waals surface area contributed by atoms with E-state index < -0.39 is 0 Å². The Morgan fingerprint density at radius 2 is 1.83 bits per heavy atom. The molecule has 2 nitrogen and oxygen atoms in total. The predicted molar refractivity (Wildman–Crippen MR) is 47.8 cm³/mol. The second-order valence-electron chi connectivity index (χ2n) is 4.56. The van der Waals surface area contributed by atoms with Crippen LogP contribution in [0, 0.1) is 10.8 Å². The predicted octanol–water partition coefficient (Wildman–Crippen LogP) is 2.38. The lowest BCUT2D eigenvalue weighted by Crippen LogP contribution is -2.38. The van der Waals surface area contributed by atoms with Crippen LogP contribution >= 0.6 is 0 Å². The number of methoxy groups -OCH3 is 1. The summed E-state index contributed by atoms with van der Waals surface area (Å²) in [6.45, 7) is 6.32. The lowest BCUT2D eigenvalue weighted by atomic mass is 9.69. The Morgan fingerprint density at radius 1 is 1.25 bits per heavy atom. The summed E-state index contributed by atoms with van der Waals surface area (Å²) in [7, 11) is 1.47. The van der Waals surface area contributed by atoms with E-state index in [0.717, 1.165) is 19.3 Å². The highest BCUT2D eigenvalue weighted by Crippen LogP contribution is 2.52. The van der Waals surface area contributed by atoms with Crippen molar-refractivity contribution in [1.29, 1.82) is 0 Å². The highest BCUT2D eigenvalue weighted by Gasteiger charge is 2.51. The van der Waals surface area contributed by atoms with E-state index in [1.54, 1.807) is 0 Å². The minimum absolute atomic E-state index is 0.0509. The third-order valence-electron chi connectivity index (χ3n) is 3.61. The fourth-order valence-electron chi connectivity index (χ4n) is 2.10. The van der Waals surface area contributed by atoms with Gasteiger partial charge in [-0.15, -0.1) is 0 Å². The molecule has 0 aliphatic heterocycles. The van der Waals surface area contributed by atoms with Gasteiger partial charge in [-0.3, -0.25) is 4.79 Å². The molecule has 1 aliphatic rings. The van der Waals surface area contributed by atoms with Crippen LogP contribution in [0.5, 0.6) is 0 Å². The Kier molecular flexibility index (Phi) is 2.19. The summed E-state index contributed by atoms with van der Waals surface area (Å²) in [5.74, 6) is -0.0509. The Balaban J connectivity index is 2.90. The SMILES string of the molecule is COC(=O)[C@]1(C)CCCC1(C)C. The first-order chi connectivity index (χ1) is 5.44. The molecule has 0 radical (unpaired) electrons. The molecular formula is C10H18O2. The van der Waals surface area contributed by atoms with Crippen molar-refractivity contribution < 1.29 is 9.53 Å². The number of rotatable bonds is 1. The van der Waals surface area contributed by atoms with Crippen LogP contribution in [0.2, 0.25) is 0 Å². The molecule has 0 spiro atoms. The van der Waals surface area contributed by atoms with Crippen molar-refractivity contribution >= 4 is 5.97 Å². The second-order valence-corrected chi connectivity index (χ2v) is 4.56. The van der Waals surface area contributed by atoms with Gasteiger partial charge in [0.05, 0.1) is 12.5 Å². The number of hydrogen-bond donors (Lipinski definition) is 0. The van der Waals surface area contributed by atoms with Gasteiger partial charge < -0.3 is 4.74 Å². The van der Waals surface area contributed by atoms with Crippen LogP contribution in [0.3, 0.4) is 0 Å². The van der Waals surface area contributed by atoms with Crippen molar-refractivity contribution in [2.24, 2.45) is 10.8 Å². The van der Waals surface area contributed by atoms with Crippen LogP contribution < -0.4 is 0 Å². The van der Waals surface area contributed by atoms with Crippen molar-refractivity contribution in [1.82, 2.24) is 0 Å². The molecule has 0 aromatic carbocycles. The monoisotopic (exact) mass is 170 g/mol. The van der Waals surface area contributed by atoms with E-state index in [-0.39, 0.29) is 16.8 Å². The molecule has 0 N–H and O–H groups in total. The van der Waals surface area contributed by atoms with E-state index >= 15 is 0 Å². The molecule has 1 fully saturated rings. The number of hydrogen-bond acceptors (Lipinski definition) is 2. The Bertz CT molecular complexity index is 196. The number of esters is 1. The number of ether oxygens (including phenoxy) is 1. The fourth-order valence-corrected chi connectivity index (χ4v) is 2.10. The minimum Gasteiger partial charge on any atom is -0.469 e. The topological polar surface area (TPSA) is 26.3 Å². The molecule has 2 heteroatoms. The van der Waals surface area contributed by atoms with Gasteiger partial charge in [0.2, 0.25) is 0 Å². The zero-order chi connectivity index (χ0) is 9.41. The summed E-state index contributed by atoms with van der Waals surface area (Å²) < 4.78 is 4.83. The molecule has 0 aromatic rings. The average Bonchev–Trinajstić information content (AvgIpc) is 2.26. The zero-order valence-electron chi connectivity index (χ0n) is 8.44. The van der Waals surface area contributed by atoms with Crippen molar-refractivity contribution in [3.05, 3.63) is 0 Å². The molecule has 0 heterocycles. The first-order valence-corrected chi connectivity index (χ1v) is 4.52. The number of carbonyl (C=O) groups is 1. The molecule has 0 unspecified atom stereocenters. The first kappa shape index (κ1) is 9.56. The maximum absolute atomic E-state index is 11.5. The maximum atomic E-state index is 11.5. The third kappa shape index (κ3) is 1.13. The van der Waals surface area contributed by atoms with Crippen molar-refractivity contribution in [3.8, 4) is 0 Å². The molecular weight excluding hydrogens is 152 g/mol. The standard InChI is InChI=1S/C10H18O2/c1-9(2)6-5-7-10(9,3)8(11)12-4/h5-7H2,1-4H3/t10-/m0/s1. The molecule has 70 valence electrons. The van der Waals surface area contributed by atoms with E-state index in [0.29, 0.717) is 0 Å². The first-order valence-electron chi connectivity index (χ1n) is 4.52. The molecule has 1 rings (SSSR count). The quantitative estimate of drug-likeness (QED) is 0.565. The lowest BCUT2D eigenvalue weighted by Gasteiger charge is -2.35. The Labute approximate surface area is 74.3 Å². The van der Waals surface area contributed by atoms with E-state index in [9.17, 15) is 4.79 Å². The molecule has 1 aliphatic carbocycles. The summed E-state index contributed by atoms with van der Waals surface area (Å²) in [5, 5.41) is 0.